The van der Waals surface area contributed by atoms with Crippen LogP contribution < -0.4 is 21.1 Å². The molecule has 1 aromatic rings. The molecule has 4 rings (SSSR count). The summed E-state index contributed by atoms with van der Waals surface area (Å²) in [6.07, 6.45) is 8.38. The molecule has 0 spiro atoms. The van der Waals surface area contributed by atoms with Gasteiger partial charge in [-0.1, -0.05) is 51.5 Å². The lowest BCUT2D eigenvalue weighted by Crippen LogP contribution is -2.61. The zero-order valence-electron chi connectivity index (χ0n) is 24.2. The highest BCUT2D eigenvalue weighted by atomic mass is 16.5. The molecule has 2 aliphatic heterocycles. The summed E-state index contributed by atoms with van der Waals surface area (Å²) in [5.74, 6) is -1.03. The molecule has 41 heavy (non-hydrogen) atoms. The maximum Gasteiger partial charge on any atom is 0.248 e. The first kappa shape index (κ1) is 30.8. The Bertz CT molecular complexity index is 1090. The number of benzene rings is 1. The van der Waals surface area contributed by atoms with Crippen LogP contribution in [0.5, 0.6) is 5.75 Å². The Labute approximate surface area is 242 Å². The smallest absolute Gasteiger partial charge is 0.248 e. The molecule has 3 aliphatic rings. The van der Waals surface area contributed by atoms with E-state index >= 15 is 0 Å². The zero-order valence-corrected chi connectivity index (χ0v) is 24.2. The van der Waals surface area contributed by atoms with Crippen molar-refractivity contribution in [2.45, 2.75) is 121 Å². The van der Waals surface area contributed by atoms with E-state index in [-0.39, 0.29) is 30.7 Å². The Morgan fingerprint density at radius 3 is 2.56 bits per heavy atom. The molecule has 3 bridgehead atoms. The van der Waals surface area contributed by atoms with Crippen molar-refractivity contribution in [3.8, 4) is 5.75 Å². The standard InChI is InChI=1S/C31H46N4O6/c1-2-10-24(28(37)29(32)38)33-30(39)25-18-21-14-15-23-17-22(21)19-35(25)31(40)27(20-11-6-5-7-12-20)34-26(36)13-8-3-4-9-16-41-23/h14-15,17,20,24-25,27-28,37H,2-13,16,18-19H2,1H3,(H2,32,38)(H,33,39)(H,34,36)/t24?,25-,27-,28?/m0/s1. The van der Waals surface area contributed by atoms with E-state index < -0.39 is 36.0 Å². The number of primary amides is 1. The van der Waals surface area contributed by atoms with Gasteiger partial charge in [-0.3, -0.25) is 19.2 Å². The summed E-state index contributed by atoms with van der Waals surface area (Å²) in [7, 11) is 0. The van der Waals surface area contributed by atoms with E-state index in [1.54, 1.807) is 4.90 Å². The number of hydrogen-bond acceptors (Lipinski definition) is 6. The molecule has 2 unspecified atom stereocenters. The summed E-state index contributed by atoms with van der Waals surface area (Å²) in [6.45, 7) is 2.65. The summed E-state index contributed by atoms with van der Waals surface area (Å²) in [5, 5.41) is 16.3. The van der Waals surface area contributed by atoms with Gasteiger partial charge in [-0.25, -0.2) is 0 Å². The second-order valence-electron chi connectivity index (χ2n) is 11.8. The fourth-order valence-electron chi connectivity index (χ4n) is 6.42. The van der Waals surface area contributed by atoms with Crippen LogP contribution >= 0.6 is 0 Å². The lowest BCUT2D eigenvalue weighted by molar-refractivity contribution is -0.147. The molecule has 226 valence electrons. The molecule has 10 nitrogen and oxygen atoms in total. The maximum atomic E-state index is 14.4. The van der Waals surface area contributed by atoms with Gasteiger partial charge in [-0.05, 0) is 61.3 Å². The number of aliphatic hydroxyl groups excluding tert-OH is 1. The zero-order chi connectivity index (χ0) is 29.4. The van der Waals surface area contributed by atoms with E-state index in [1.165, 1.54) is 0 Å². The Morgan fingerprint density at radius 1 is 1.10 bits per heavy atom. The number of carbonyl (C=O) groups excluding carboxylic acids is 4. The SMILES string of the molecule is CCCC(NC(=O)[C@@H]1Cc2ccc3cc2CN1C(=O)[C@H](C1CCCCC1)NC(=O)CCCCCCO3)C(O)C(N)=O. The molecule has 1 aliphatic carbocycles. The third-order valence-electron chi connectivity index (χ3n) is 8.76. The van der Waals surface area contributed by atoms with Crippen LogP contribution in [0.2, 0.25) is 0 Å². The summed E-state index contributed by atoms with van der Waals surface area (Å²) in [4.78, 5) is 54.5. The van der Waals surface area contributed by atoms with E-state index in [9.17, 15) is 24.3 Å². The van der Waals surface area contributed by atoms with Gasteiger partial charge in [0.05, 0.1) is 12.6 Å². The summed E-state index contributed by atoms with van der Waals surface area (Å²) in [6, 6.07) is 3.34. The van der Waals surface area contributed by atoms with Crippen LogP contribution in [0.1, 0.15) is 95.1 Å². The van der Waals surface area contributed by atoms with Gasteiger partial charge < -0.3 is 31.1 Å². The molecular weight excluding hydrogens is 524 g/mol. The predicted octanol–water partition coefficient (Wildman–Crippen LogP) is 2.48. The van der Waals surface area contributed by atoms with Crippen molar-refractivity contribution in [1.29, 1.82) is 0 Å². The number of nitrogens with zero attached hydrogens (tertiary/aromatic N) is 1. The van der Waals surface area contributed by atoms with Crippen LogP contribution in [-0.4, -0.2) is 64.5 Å². The Morgan fingerprint density at radius 2 is 1.83 bits per heavy atom. The quantitative estimate of drug-likeness (QED) is 0.395. The molecule has 0 radical (unpaired) electrons. The van der Waals surface area contributed by atoms with Crippen molar-refractivity contribution in [2.24, 2.45) is 11.7 Å². The molecule has 0 aromatic heterocycles. The Balaban J connectivity index is 1.68. The number of rotatable bonds is 7. The van der Waals surface area contributed by atoms with Crippen molar-refractivity contribution >= 4 is 23.6 Å². The van der Waals surface area contributed by atoms with Gasteiger partial charge in [0.15, 0.2) is 6.10 Å². The van der Waals surface area contributed by atoms with Crippen LogP contribution in [0.15, 0.2) is 18.2 Å². The second kappa shape index (κ2) is 14.7. The van der Waals surface area contributed by atoms with Gasteiger partial charge in [0.25, 0.3) is 0 Å². The number of hydrogen-bond donors (Lipinski definition) is 4. The molecule has 5 N–H and O–H groups in total. The first-order valence-corrected chi connectivity index (χ1v) is 15.4. The Hall–Kier alpha value is -3.14. The van der Waals surface area contributed by atoms with Crippen LogP contribution in [0.4, 0.5) is 0 Å². The van der Waals surface area contributed by atoms with E-state index in [4.69, 9.17) is 10.5 Å². The van der Waals surface area contributed by atoms with Crippen molar-refractivity contribution in [3.63, 3.8) is 0 Å². The molecule has 4 atom stereocenters. The number of aliphatic hydroxyl groups is 1. The average Bonchev–Trinajstić information content (AvgIpc) is 2.97. The van der Waals surface area contributed by atoms with Gasteiger partial charge in [0, 0.05) is 19.4 Å². The highest BCUT2D eigenvalue weighted by molar-refractivity contribution is 5.93. The largest absolute Gasteiger partial charge is 0.494 e. The van der Waals surface area contributed by atoms with E-state index in [1.807, 2.05) is 25.1 Å². The second-order valence-corrected chi connectivity index (χ2v) is 11.8. The number of ether oxygens (including phenoxy) is 1. The minimum Gasteiger partial charge on any atom is -0.494 e. The van der Waals surface area contributed by atoms with Gasteiger partial charge in [-0.15, -0.1) is 0 Å². The number of nitrogens with one attached hydrogen (secondary N) is 2. The molecule has 0 saturated heterocycles. The fraction of sp³-hybridized carbons (Fsp3) is 0.677. The van der Waals surface area contributed by atoms with E-state index in [0.717, 1.165) is 74.7 Å². The van der Waals surface area contributed by atoms with Crippen molar-refractivity contribution < 1.29 is 29.0 Å². The molecule has 1 saturated carbocycles. The highest BCUT2D eigenvalue weighted by Gasteiger charge is 2.42. The molecule has 1 aromatic carbocycles. The molecule has 2 heterocycles. The number of amides is 4. The van der Waals surface area contributed by atoms with Gasteiger partial charge in [0.2, 0.25) is 23.6 Å². The third-order valence-corrected chi connectivity index (χ3v) is 8.76. The third kappa shape index (κ3) is 7.99. The molecule has 4 amide bonds. The van der Waals surface area contributed by atoms with E-state index in [2.05, 4.69) is 10.6 Å². The van der Waals surface area contributed by atoms with Crippen molar-refractivity contribution in [1.82, 2.24) is 15.5 Å². The first-order valence-electron chi connectivity index (χ1n) is 15.4. The first-order chi connectivity index (χ1) is 19.8. The molecule has 1 fully saturated rings. The van der Waals surface area contributed by atoms with Gasteiger partial charge in [-0.2, -0.15) is 0 Å². The van der Waals surface area contributed by atoms with Gasteiger partial charge >= 0.3 is 0 Å². The monoisotopic (exact) mass is 570 g/mol. The van der Waals surface area contributed by atoms with Crippen LogP contribution in [0.3, 0.4) is 0 Å². The Kier molecular flexibility index (Phi) is 11.0. The van der Waals surface area contributed by atoms with Crippen molar-refractivity contribution in [2.75, 3.05) is 6.61 Å². The lowest BCUT2D eigenvalue weighted by atomic mass is 9.82. The fourth-order valence-corrected chi connectivity index (χ4v) is 6.42. The summed E-state index contributed by atoms with van der Waals surface area (Å²) in [5.41, 5.74) is 7.19. The highest BCUT2D eigenvalue weighted by Crippen LogP contribution is 2.32. The minimum atomic E-state index is -1.54. The normalized spacial score (nSPS) is 24.2. The van der Waals surface area contributed by atoms with Crippen LogP contribution in [0, 0.1) is 5.92 Å². The number of nitrogens with two attached hydrogens (primary N) is 1. The summed E-state index contributed by atoms with van der Waals surface area (Å²) >= 11 is 0. The topological polar surface area (TPSA) is 151 Å². The van der Waals surface area contributed by atoms with E-state index in [0.29, 0.717) is 25.9 Å². The van der Waals surface area contributed by atoms with Crippen molar-refractivity contribution in [3.05, 3.63) is 29.3 Å². The van der Waals surface area contributed by atoms with Crippen LogP contribution in [-0.2, 0) is 32.1 Å². The minimum absolute atomic E-state index is 0.00313. The molecular formula is C31H46N4O6. The summed E-state index contributed by atoms with van der Waals surface area (Å²) < 4.78 is 5.99. The van der Waals surface area contributed by atoms with Gasteiger partial charge in [0.1, 0.15) is 17.8 Å². The molecule has 10 heteroatoms. The van der Waals surface area contributed by atoms with Crippen LogP contribution in [0.25, 0.3) is 0 Å². The predicted molar refractivity (Wildman–Crippen MR) is 154 cm³/mol. The number of carbonyl (C=O) groups is 4. The maximum absolute atomic E-state index is 14.4. The number of fused-ring (bicyclic) bond motifs is 2. The lowest BCUT2D eigenvalue weighted by Gasteiger charge is -2.41. The average molecular weight is 571 g/mol.